The van der Waals surface area contributed by atoms with E-state index in [9.17, 15) is 4.79 Å². The van der Waals surface area contributed by atoms with E-state index in [1.807, 2.05) is 26.8 Å². The fraction of sp³-hybridized carbons (Fsp3) is 0.594. The second-order valence-corrected chi connectivity index (χ2v) is 11.2. The average Bonchev–Trinajstić information content (AvgIpc) is 2.88. The Labute approximate surface area is 223 Å². The summed E-state index contributed by atoms with van der Waals surface area (Å²) in [6.07, 6.45) is 5.10. The van der Waals surface area contributed by atoms with E-state index in [1.54, 1.807) is 0 Å². The highest BCUT2D eigenvalue weighted by Gasteiger charge is 2.32. The van der Waals surface area contributed by atoms with Crippen molar-refractivity contribution < 1.29 is 23.7 Å². The minimum atomic E-state index is -0.405. The fourth-order valence-corrected chi connectivity index (χ4v) is 4.98. The van der Waals surface area contributed by atoms with E-state index in [0.717, 1.165) is 61.3 Å². The van der Waals surface area contributed by atoms with Crippen LogP contribution in [0.25, 0.3) is 0 Å². The maximum Gasteiger partial charge on any atom is 0.175 e. The molecule has 0 spiro atoms. The first kappa shape index (κ1) is 29.2. The molecular formula is C32H46O5. The van der Waals surface area contributed by atoms with Gasteiger partial charge >= 0.3 is 0 Å². The van der Waals surface area contributed by atoms with Gasteiger partial charge in [-0.1, -0.05) is 58.9 Å². The maximum atomic E-state index is 12.3. The smallest absolute Gasteiger partial charge is 0.175 e. The molecule has 1 atom stereocenters. The number of Topliss-reactive ketones (excluding diaryl/α,β-unsaturated/α-hetero) is 1. The number of hydrogen-bond donors (Lipinski definition) is 0. The van der Waals surface area contributed by atoms with Crippen molar-refractivity contribution in [2.75, 3.05) is 26.4 Å². The molecule has 1 heterocycles. The monoisotopic (exact) mass is 510 g/mol. The molecule has 5 heteroatoms. The lowest BCUT2D eigenvalue weighted by molar-refractivity contribution is -0.165. The number of ketones is 1. The molecule has 204 valence electrons. The summed E-state index contributed by atoms with van der Waals surface area (Å²) in [5, 5.41) is 0. The van der Waals surface area contributed by atoms with E-state index in [4.69, 9.17) is 18.9 Å². The van der Waals surface area contributed by atoms with E-state index in [2.05, 4.69) is 58.0 Å². The topological polar surface area (TPSA) is 54.0 Å². The van der Waals surface area contributed by atoms with Crippen molar-refractivity contribution in [3.05, 3.63) is 58.7 Å². The first-order valence-corrected chi connectivity index (χ1v) is 13.8. The van der Waals surface area contributed by atoms with Gasteiger partial charge in [0.2, 0.25) is 0 Å². The van der Waals surface area contributed by atoms with Crippen LogP contribution in [0.4, 0.5) is 0 Å². The zero-order chi connectivity index (χ0) is 27.1. The van der Waals surface area contributed by atoms with E-state index < -0.39 is 5.41 Å². The molecule has 5 nitrogen and oxygen atoms in total. The third-order valence-corrected chi connectivity index (χ3v) is 7.64. The van der Waals surface area contributed by atoms with Gasteiger partial charge in [-0.15, -0.1) is 0 Å². The lowest BCUT2D eigenvalue weighted by Gasteiger charge is -2.34. The van der Waals surface area contributed by atoms with Crippen molar-refractivity contribution in [3.63, 3.8) is 0 Å². The van der Waals surface area contributed by atoms with Gasteiger partial charge in [0, 0.05) is 17.4 Å². The Morgan fingerprint density at radius 2 is 1.49 bits per heavy atom. The summed E-state index contributed by atoms with van der Waals surface area (Å²) in [6, 6.07) is 12.9. The molecule has 0 radical (unpaired) electrons. The largest absolute Gasteiger partial charge is 0.491 e. The molecule has 0 bridgehead atoms. The summed E-state index contributed by atoms with van der Waals surface area (Å²) < 4.78 is 23.4. The summed E-state index contributed by atoms with van der Waals surface area (Å²) in [5.74, 6) is 1.75. The molecule has 0 aliphatic carbocycles. The Morgan fingerprint density at radius 3 is 1.97 bits per heavy atom. The van der Waals surface area contributed by atoms with Gasteiger partial charge in [0.25, 0.3) is 0 Å². The molecule has 0 saturated carbocycles. The lowest BCUT2D eigenvalue weighted by atomic mass is 9.70. The van der Waals surface area contributed by atoms with Gasteiger partial charge in [0.05, 0.1) is 6.61 Å². The van der Waals surface area contributed by atoms with Crippen LogP contribution in [0.3, 0.4) is 0 Å². The number of aryl methyl sites for hydroxylation is 2. The molecule has 1 saturated heterocycles. The first-order valence-electron chi connectivity index (χ1n) is 13.8. The summed E-state index contributed by atoms with van der Waals surface area (Å²) >= 11 is 0. The van der Waals surface area contributed by atoms with Gasteiger partial charge in [-0.05, 0) is 80.3 Å². The second-order valence-electron chi connectivity index (χ2n) is 11.2. The third-order valence-electron chi connectivity index (χ3n) is 7.64. The molecule has 0 amide bonds. The number of benzene rings is 2. The zero-order valence-corrected chi connectivity index (χ0v) is 23.9. The van der Waals surface area contributed by atoms with Gasteiger partial charge < -0.3 is 18.9 Å². The van der Waals surface area contributed by atoms with E-state index in [1.165, 1.54) is 11.1 Å². The Kier molecular flexibility index (Phi) is 10.2. The van der Waals surface area contributed by atoms with Crippen LogP contribution in [0.15, 0.2) is 36.4 Å². The van der Waals surface area contributed by atoms with Crippen LogP contribution in [0.1, 0.15) is 89.0 Å². The third kappa shape index (κ3) is 7.36. The highest BCUT2D eigenvalue weighted by molar-refractivity contribution is 5.85. The van der Waals surface area contributed by atoms with Crippen molar-refractivity contribution in [2.45, 2.75) is 92.3 Å². The van der Waals surface area contributed by atoms with E-state index in [-0.39, 0.29) is 24.1 Å². The first-order chi connectivity index (χ1) is 17.6. The number of carbonyl (C=O) groups is 1. The predicted octanol–water partition coefficient (Wildman–Crippen LogP) is 7.33. The molecule has 3 rings (SSSR count). The standard InChI is InChI=1S/C32H46O5/c1-8-32(9-2,26-14-16-28(24(4)21-26)37-22-29(33)31(5,6)7)25-13-15-27(23(3)20-25)34-18-19-36-30-12-10-11-17-35-30/h13-16,20-21,30H,8-12,17-19,22H2,1-7H3. The molecule has 0 aromatic heterocycles. The fourth-order valence-electron chi connectivity index (χ4n) is 4.98. The summed E-state index contributed by atoms with van der Waals surface area (Å²) in [6.45, 7) is 16.3. The average molecular weight is 511 g/mol. The van der Waals surface area contributed by atoms with Gasteiger partial charge in [-0.3, -0.25) is 4.79 Å². The molecular weight excluding hydrogens is 464 g/mol. The minimum absolute atomic E-state index is 0.0882. The Bertz CT molecular complexity index is 1030. The highest BCUT2D eigenvalue weighted by atomic mass is 16.7. The van der Waals surface area contributed by atoms with Crippen LogP contribution in [0.5, 0.6) is 11.5 Å². The number of hydrogen-bond acceptors (Lipinski definition) is 5. The van der Waals surface area contributed by atoms with E-state index in [0.29, 0.717) is 13.2 Å². The van der Waals surface area contributed by atoms with Crippen LogP contribution >= 0.6 is 0 Å². The highest BCUT2D eigenvalue weighted by Crippen LogP contribution is 2.41. The van der Waals surface area contributed by atoms with Gasteiger partial charge in [-0.25, -0.2) is 0 Å². The number of rotatable bonds is 12. The summed E-state index contributed by atoms with van der Waals surface area (Å²) in [5.41, 5.74) is 4.19. The molecule has 1 aliphatic rings. The molecule has 1 aliphatic heterocycles. The van der Waals surface area contributed by atoms with Crippen molar-refractivity contribution in [1.82, 2.24) is 0 Å². The number of carbonyl (C=O) groups excluding carboxylic acids is 1. The van der Waals surface area contributed by atoms with Crippen LogP contribution in [0, 0.1) is 19.3 Å². The van der Waals surface area contributed by atoms with Crippen LogP contribution in [-0.4, -0.2) is 38.5 Å². The molecule has 0 N–H and O–H groups in total. The van der Waals surface area contributed by atoms with Gasteiger partial charge in [0.15, 0.2) is 12.1 Å². The Balaban J connectivity index is 1.70. The lowest BCUT2D eigenvalue weighted by Crippen LogP contribution is -2.27. The van der Waals surface area contributed by atoms with Crippen molar-refractivity contribution in [3.8, 4) is 11.5 Å². The van der Waals surface area contributed by atoms with Gasteiger partial charge in [-0.2, -0.15) is 0 Å². The van der Waals surface area contributed by atoms with Crippen LogP contribution in [-0.2, 0) is 19.7 Å². The Hall–Kier alpha value is -2.37. The molecule has 1 fully saturated rings. The van der Waals surface area contributed by atoms with Crippen molar-refractivity contribution >= 4 is 5.78 Å². The predicted molar refractivity (Wildman–Crippen MR) is 149 cm³/mol. The van der Waals surface area contributed by atoms with Crippen LogP contribution in [0.2, 0.25) is 0 Å². The Morgan fingerprint density at radius 1 is 0.892 bits per heavy atom. The van der Waals surface area contributed by atoms with Gasteiger partial charge in [0.1, 0.15) is 24.7 Å². The van der Waals surface area contributed by atoms with Crippen LogP contribution < -0.4 is 9.47 Å². The number of ether oxygens (including phenoxy) is 4. The second kappa shape index (κ2) is 12.9. The SMILES string of the molecule is CCC(CC)(c1ccc(OCCOC2CCCCO2)c(C)c1)c1ccc(OCC(=O)C(C)(C)C)c(C)c1. The molecule has 37 heavy (non-hydrogen) atoms. The zero-order valence-electron chi connectivity index (χ0n) is 23.9. The normalized spacial score (nSPS) is 16.5. The quantitative estimate of drug-likeness (QED) is 0.280. The van der Waals surface area contributed by atoms with Crippen molar-refractivity contribution in [2.24, 2.45) is 5.41 Å². The summed E-state index contributed by atoms with van der Waals surface area (Å²) in [4.78, 5) is 12.3. The summed E-state index contributed by atoms with van der Waals surface area (Å²) in [7, 11) is 0. The minimum Gasteiger partial charge on any atom is -0.491 e. The maximum absolute atomic E-state index is 12.3. The van der Waals surface area contributed by atoms with E-state index >= 15 is 0 Å². The molecule has 1 unspecified atom stereocenters. The molecule has 2 aromatic carbocycles. The van der Waals surface area contributed by atoms with Crippen molar-refractivity contribution in [1.29, 1.82) is 0 Å². The molecule has 2 aromatic rings.